The van der Waals surface area contributed by atoms with Gasteiger partial charge in [0, 0.05) is 22.4 Å². The van der Waals surface area contributed by atoms with Crippen LogP contribution in [0.5, 0.6) is 0 Å². The van der Waals surface area contributed by atoms with Crippen molar-refractivity contribution in [1.82, 2.24) is 0 Å². The number of para-hydroxylation sites is 1. The second kappa shape index (κ2) is 13.7. The summed E-state index contributed by atoms with van der Waals surface area (Å²) in [6.07, 6.45) is 0. The van der Waals surface area contributed by atoms with Gasteiger partial charge in [-0.3, -0.25) is 0 Å². The summed E-state index contributed by atoms with van der Waals surface area (Å²) in [6, 6.07) is 77.6. The van der Waals surface area contributed by atoms with Crippen LogP contribution in [0.1, 0.15) is 25.0 Å². The molecule has 0 aromatic heterocycles. The summed E-state index contributed by atoms with van der Waals surface area (Å²) in [5, 5.41) is 2.46. The molecule has 9 aromatic rings. The smallest absolute Gasteiger partial charge is 0.0540 e. The van der Waals surface area contributed by atoms with Crippen LogP contribution in [0.25, 0.3) is 66.4 Å². The van der Waals surface area contributed by atoms with Crippen LogP contribution < -0.4 is 4.90 Å². The van der Waals surface area contributed by atoms with Crippen LogP contribution >= 0.6 is 0 Å². The normalized spacial score (nSPS) is 12.6. The van der Waals surface area contributed by atoms with E-state index < -0.39 is 0 Å². The lowest BCUT2D eigenvalue weighted by molar-refractivity contribution is 0.660. The Morgan fingerprint density at radius 2 is 0.839 bits per heavy atom. The number of rotatable bonds is 7. The van der Waals surface area contributed by atoms with Gasteiger partial charge >= 0.3 is 0 Å². The Labute approximate surface area is 329 Å². The van der Waals surface area contributed by atoms with Crippen LogP contribution in [0.15, 0.2) is 212 Å². The summed E-state index contributed by atoms with van der Waals surface area (Å²) in [4.78, 5) is 2.46. The Hall–Kier alpha value is -6.96. The molecule has 0 aliphatic heterocycles. The molecule has 0 atom stereocenters. The molecule has 0 radical (unpaired) electrons. The van der Waals surface area contributed by atoms with E-state index in [1.165, 1.54) is 77.5 Å². The number of nitrogens with zero attached hydrogens (tertiary/aromatic N) is 1. The van der Waals surface area contributed by atoms with Crippen LogP contribution in [-0.4, -0.2) is 0 Å². The monoisotopic (exact) mass is 715 g/mol. The molecule has 0 fully saturated rings. The molecule has 0 N–H and O–H groups in total. The first-order valence-corrected chi connectivity index (χ1v) is 19.5. The highest BCUT2D eigenvalue weighted by Gasteiger charge is 2.37. The van der Waals surface area contributed by atoms with Crippen molar-refractivity contribution in [3.05, 3.63) is 223 Å². The predicted molar refractivity (Wildman–Crippen MR) is 238 cm³/mol. The van der Waals surface area contributed by atoms with Gasteiger partial charge in [0.15, 0.2) is 0 Å². The maximum Gasteiger partial charge on any atom is 0.0540 e. The fraction of sp³-hybridized carbons (Fsp3) is 0.0545. The van der Waals surface area contributed by atoms with E-state index >= 15 is 0 Å². The van der Waals surface area contributed by atoms with Crippen molar-refractivity contribution >= 4 is 27.8 Å². The summed E-state index contributed by atoms with van der Waals surface area (Å²) in [5.41, 5.74) is 18.3. The molecule has 56 heavy (non-hydrogen) atoms. The second-order valence-electron chi connectivity index (χ2n) is 15.3. The van der Waals surface area contributed by atoms with Crippen molar-refractivity contribution in [3.8, 4) is 55.6 Å². The Kier molecular flexibility index (Phi) is 8.23. The number of benzene rings is 9. The van der Waals surface area contributed by atoms with Gasteiger partial charge in [0.05, 0.1) is 5.69 Å². The summed E-state index contributed by atoms with van der Waals surface area (Å²) in [7, 11) is 0. The van der Waals surface area contributed by atoms with Crippen molar-refractivity contribution in [2.24, 2.45) is 0 Å². The summed E-state index contributed by atoms with van der Waals surface area (Å²) < 4.78 is 0. The van der Waals surface area contributed by atoms with Gasteiger partial charge in [0.2, 0.25) is 0 Å². The average molecular weight is 716 g/mol. The van der Waals surface area contributed by atoms with Gasteiger partial charge in [0.1, 0.15) is 0 Å². The summed E-state index contributed by atoms with van der Waals surface area (Å²) in [5.74, 6) is 0. The Morgan fingerprint density at radius 1 is 0.321 bits per heavy atom. The molecule has 0 spiro atoms. The fourth-order valence-corrected chi connectivity index (χ4v) is 8.85. The molecule has 0 heterocycles. The number of hydrogen-bond donors (Lipinski definition) is 0. The summed E-state index contributed by atoms with van der Waals surface area (Å²) in [6.45, 7) is 4.76. The van der Waals surface area contributed by atoms with Crippen molar-refractivity contribution < 1.29 is 0 Å². The van der Waals surface area contributed by atoms with E-state index in [0.29, 0.717) is 0 Å². The van der Waals surface area contributed by atoms with E-state index in [1.54, 1.807) is 0 Å². The van der Waals surface area contributed by atoms with E-state index in [9.17, 15) is 0 Å². The molecular formula is C55H41N. The highest BCUT2D eigenvalue weighted by molar-refractivity contribution is 6.01. The van der Waals surface area contributed by atoms with Crippen molar-refractivity contribution in [1.29, 1.82) is 0 Å². The Morgan fingerprint density at radius 3 is 1.52 bits per heavy atom. The van der Waals surface area contributed by atoms with E-state index in [1.807, 2.05) is 0 Å². The standard InChI is InChI=1S/C55H41N/c1-55(2)51-27-16-26-46(40-19-8-4-9-20-40)54(51)48-34-33-45(37-52(48)55)56(44-31-29-39(30-32-44)38-17-6-3-7-18-38)53-28-15-14-25-47(53)50-36-43-24-13-12-23-42(43)35-49(50)41-21-10-5-11-22-41/h3-37H,1-2H3. The lowest BCUT2D eigenvalue weighted by Crippen LogP contribution is -2.17. The molecule has 0 unspecified atom stereocenters. The largest absolute Gasteiger partial charge is 0.310 e. The molecule has 10 rings (SSSR count). The third kappa shape index (κ3) is 5.72. The minimum Gasteiger partial charge on any atom is -0.310 e. The third-order valence-electron chi connectivity index (χ3n) is 11.7. The van der Waals surface area contributed by atoms with Gasteiger partial charge in [0.25, 0.3) is 0 Å². The number of fused-ring (bicyclic) bond motifs is 4. The van der Waals surface area contributed by atoms with E-state index in [0.717, 1.165) is 17.1 Å². The quantitative estimate of drug-likeness (QED) is 0.159. The molecule has 0 bridgehead atoms. The number of anilines is 3. The maximum absolute atomic E-state index is 2.46. The van der Waals surface area contributed by atoms with Crippen molar-refractivity contribution in [2.75, 3.05) is 4.90 Å². The van der Waals surface area contributed by atoms with Crippen LogP contribution in [-0.2, 0) is 5.41 Å². The summed E-state index contributed by atoms with van der Waals surface area (Å²) >= 11 is 0. The molecule has 1 heteroatoms. The highest BCUT2D eigenvalue weighted by atomic mass is 15.1. The molecule has 1 aliphatic rings. The van der Waals surface area contributed by atoms with Gasteiger partial charge in [-0.1, -0.05) is 184 Å². The first-order valence-electron chi connectivity index (χ1n) is 19.5. The second-order valence-corrected chi connectivity index (χ2v) is 15.3. The van der Waals surface area contributed by atoms with Gasteiger partial charge in [-0.15, -0.1) is 0 Å². The molecule has 1 aliphatic carbocycles. The molecule has 0 saturated heterocycles. The molecule has 1 nitrogen and oxygen atoms in total. The Bertz CT molecular complexity index is 2850. The first-order chi connectivity index (χ1) is 27.5. The van der Waals surface area contributed by atoms with Crippen LogP contribution in [0, 0.1) is 0 Å². The van der Waals surface area contributed by atoms with Crippen LogP contribution in [0.4, 0.5) is 17.1 Å². The minimum atomic E-state index is -0.188. The topological polar surface area (TPSA) is 3.24 Å². The van der Waals surface area contributed by atoms with Crippen LogP contribution in [0.2, 0.25) is 0 Å². The SMILES string of the molecule is CC1(C)c2cc(N(c3ccc(-c4ccccc4)cc3)c3ccccc3-c3cc4ccccc4cc3-c3ccccc3)ccc2-c2c(-c3ccccc3)cccc21. The third-order valence-corrected chi connectivity index (χ3v) is 11.7. The molecule has 0 saturated carbocycles. The Balaban J connectivity index is 1.19. The van der Waals surface area contributed by atoms with Gasteiger partial charge in [-0.2, -0.15) is 0 Å². The zero-order valence-electron chi connectivity index (χ0n) is 31.7. The lowest BCUT2D eigenvalue weighted by Gasteiger charge is -2.30. The minimum absolute atomic E-state index is 0.188. The number of hydrogen-bond acceptors (Lipinski definition) is 1. The molecule has 0 amide bonds. The van der Waals surface area contributed by atoms with Crippen molar-refractivity contribution in [3.63, 3.8) is 0 Å². The lowest BCUT2D eigenvalue weighted by atomic mass is 9.81. The molecular weight excluding hydrogens is 675 g/mol. The first kappa shape index (κ1) is 33.6. The average Bonchev–Trinajstić information content (AvgIpc) is 3.50. The van der Waals surface area contributed by atoms with Gasteiger partial charge in [-0.25, -0.2) is 0 Å². The zero-order valence-corrected chi connectivity index (χ0v) is 31.7. The fourth-order valence-electron chi connectivity index (χ4n) is 8.85. The zero-order chi connectivity index (χ0) is 37.6. The van der Waals surface area contributed by atoms with Crippen LogP contribution in [0.3, 0.4) is 0 Å². The molecule has 9 aromatic carbocycles. The highest BCUT2D eigenvalue weighted by Crippen LogP contribution is 2.54. The predicted octanol–water partition coefficient (Wildman–Crippen LogP) is 15.3. The van der Waals surface area contributed by atoms with Crippen molar-refractivity contribution in [2.45, 2.75) is 19.3 Å². The van der Waals surface area contributed by atoms with E-state index in [2.05, 4.69) is 231 Å². The van der Waals surface area contributed by atoms with Gasteiger partial charge in [-0.05, 0) is 114 Å². The van der Waals surface area contributed by atoms with Gasteiger partial charge < -0.3 is 4.90 Å². The molecule has 266 valence electrons. The maximum atomic E-state index is 2.46. The van der Waals surface area contributed by atoms with E-state index in [-0.39, 0.29) is 5.41 Å². The van der Waals surface area contributed by atoms with E-state index in [4.69, 9.17) is 0 Å².